The zero-order chi connectivity index (χ0) is 28.8. The molecule has 0 N–H and O–H groups in total. The van der Waals surface area contributed by atoms with E-state index in [0.29, 0.717) is 45.2 Å². The molecule has 0 saturated carbocycles. The maximum Gasteiger partial charge on any atom is 0.325 e. The van der Waals surface area contributed by atoms with Crippen molar-refractivity contribution >= 4 is 64.2 Å². The van der Waals surface area contributed by atoms with E-state index in [4.69, 9.17) is 54.4 Å². The van der Waals surface area contributed by atoms with E-state index in [1.807, 2.05) is 13.0 Å². The van der Waals surface area contributed by atoms with Crippen LogP contribution >= 0.6 is 35.4 Å². The van der Waals surface area contributed by atoms with Crippen molar-refractivity contribution in [3.8, 4) is 17.2 Å². The number of anilines is 1. The van der Waals surface area contributed by atoms with Crippen molar-refractivity contribution in [2.75, 3.05) is 32.3 Å². The fraction of sp³-hybridized carbons (Fsp3) is 0.207. The first-order valence-electron chi connectivity index (χ1n) is 12.2. The third kappa shape index (κ3) is 6.50. The van der Waals surface area contributed by atoms with E-state index in [1.165, 1.54) is 16.9 Å². The SMILES string of the molecule is CCOc1cc(/C=C2/C(=O)N(c3ccc(OC)cc3)C(=S)N2CC(=O)OC)ccc1OCc1ccc(Cl)c(Cl)c1. The summed E-state index contributed by atoms with van der Waals surface area (Å²) in [6, 6.07) is 17.4. The summed E-state index contributed by atoms with van der Waals surface area (Å²) in [6.45, 7) is 2.26. The first kappa shape index (κ1) is 29.2. The van der Waals surface area contributed by atoms with Gasteiger partial charge >= 0.3 is 5.97 Å². The summed E-state index contributed by atoms with van der Waals surface area (Å²) < 4.78 is 21.9. The van der Waals surface area contributed by atoms with Crippen molar-refractivity contribution in [2.24, 2.45) is 0 Å². The van der Waals surface area contributed by atoms with Gasteiger partial charge in [-0.3, -0.25) is 14.5 Å². The first-order valence-corrected chi connectivity index (χ1v) is 13.3. The Kier molecular flexibility index (Phi) is 9.52. The second-order valence-corrected chi connectivity index (χ2v) is 9.67. The Balaban J connectivity index is 1.65. The molecular formula is C29H26Cl2N2O6S. The Labute approximate surface area is 247 Å². The molecule has 1 saturated heterocycles. The van der Waals surface area contributed by atoms with Crippen LogP contribution in [0.1, 0.15) is 18.1 Å². The molecule has 11 heteroatoms. The lowest BCUT2D eigenvalue weighted by molar-refractivity contribution is -0.140. The van der Waals surface area contributed by atoms with Gasteiger partial charge in [0.05, 0.1) is 36.6 Å². The van der Waals surface area contributed by atoms with Crippen LogP contribution in [0.25, 0.3) is 6.08 Å². The minimum atomic E-state index is -0.543. The molecule has 8 nitrogen and oxygen atoms in total. The normalized spacial score (nSPS) is 14.1. The highest BCUT2D eigenvalue weighted by molar-refractivity contribution is 7.80. The average molecular weight is 602 g/mol. The Morgan fingerprint density at radius 3 is 2.35 bits per heavy atom. The van der Waals surface area contributed by atoms with Gasteiger partial charge in [-0.2, -0.15) is 0 Å². The zero-order valence-corrected chi connectivity index (χ0v) is 24.3. The number of carbonyl (C=O) groups is 2. The van der Waals surface area contributed by atoms with Gasteiger partial charge in [0.25, 0.3) is 5.91 Å². The predicted molar refractivity (Wildman–Crippen MR) is 158 cm³/mol. The molecule has 40 heavy (non-hydrogen) atoms. The molecule has 0 bridgehead atoms. The zero-order valence-electron chi connectivity index (χ0n) is 22.0. The van der Waals surface area contributed by atoms with E-state index in [2.05, 4.69) is 0 Å². The van der Waals surface area contributed by atoms with Crippen LogP contribution in [-0.2, 0) is 20.9 Å². The second-order valence-electron chi connectivity index (χ2n) is 8.49. The second kappa shape index (κ2) is 13.0. The molecule has 208 valence electrons. The quantitative estimate of drug-likeness (QED) is 0.156. The van der Waals surface area contributed by atoms with Gasteiger partial charge in [0.15, 0.2) is 16.6 Å². The molecule has 3 aromatic carbocycles. The number of ether oxygens (including phenoxy) is 4. The van der Waals surface area contributed by atoms with Crippen LogP contribution in [0.2, 0.25) is 10.0 Å². The number of rotatable bonds is 10. The number of hydrogen-bond acceptors (Lipinski definition) is 7. The summed E-state index contributed by atoms with van der Waals surface area (Å²) in [4.78, 5) is 28.6. The van der Waals surface area contributed by atoms with Crippen LogP contribution in [0.4, 0.5) is 5.69 Å². The van der Waals surface area contributed by atoms with Crippen molar-refractivity contribution in [2.45, 2.75) is 13.5 Å². The summed E-state index contributed by atoms with van der Waals surface area (Å²) in [5, 5.41) is 1.05. The van der Waals surface area contributed by atoms with Crippen LogP contribution in [0.15, 0.2) is 66.4 Å². The lowest BCUT2D eigenvalue weighted by Gasteiger charge is -2.19. The van der Waals surface area contributed by atoms with Gasteiger partial charge in [0, 0.05) is 0 Å². The van der Waals surface area contributed by atoms with E-state index < -0.39 is 11.9 Å². The van der Waals surface area contributed by atoms with Crippen molar-refractivity contribution in [1.82, 2.24) is 4.90 Å². The van der Waals surface area contributed by atoms with Gasteiger partial charge < -0.3 is 23.8 Å². The van der Waals surface area contributed by atoms with Gasteiger partial charge in [0.1, 0.15) is 24.6 Å². The summed E-state index contributed by atoms with van der Waals surface area (Å²) in [5.41, 5.74) is 2.22. The predicted octanol–water partition coefficient (Wildman–Crippen LogP) is 6.13. The highest BCUT2D eigenvalue weighted by atomic mass is 35.5. The standard InChI is InChI=1S/C29H26Cl2N2O6S/c1-4-38-26-15-18(6-12-25(26)39-17-19-5-11-22(30)23(31)13-19)14-24-28(35)33(20-7-9-21(36-2)10-8-20)29(40)32(24)16-27(34)37-3/h5-15H,4,16-17H2,1-3H3/b24-14-. The first-order chi connectivity index (χ1) is 19.2. The molecule has 1 aliphatic heterocycles. The van der Waals surface area contributed by atoms with Crippen molar-refractivity contribution in [3.63, 3.8) is 0 Å². The van der Waals surface area contributed by atoms with Crippen molar-refractivity contribution < 1.29 is 28.5 Å². The summed E-state index contributed by atoms with van der Waals surface area (Å²) in [6.07, 6.45) is 1.65. The van der Waals surface area contributed by atoms with Crippen LogP contribution in [-0.4, -0.2) is 49.3 Å². The van der Waals surface area contributed by atoms with E-state index in [-0.39, 0.29) is 24.0 Å². The van der Waals surface area contributed by atoms with Crippen molar-refractivity contribution in [3.05, 3.63) is 87.5 Å². The molecule has 1 fully saturated rings. The number of esters is 1. The molecule has 4 rings (SSSR count). The van der Waals surface area contributed by atoms with Crippen LogP contribution in [0, 0.1) is 0 Å². The number of methoxy groups -OCH3 is 2. The number of nitrogens with zero attached hydrogens (tertiary/aromatic N) is 2. The summed E-state index contributed by atoms with van der Waals surface area (Å²) in [5.74, 6) is 0.690. The number of hydrogen-bond donors (Lipinski definition) is 0. The third-order valence-corrected chi connectivity index (χ3v) is 7.07. The minimum absolute atomic E-state index is 0.151. The number of halogens is 2. The number of carbonyl (C=O) groups excluding carboxylic acids is 2. The molecular weight excluding hydrogens is 575 g/mol. The lowest BCUT2D eigenvalue weighted by atomic mass is 10.1. The summed E-state index contributed by atoms with van der Waals surface area (Å²) in [7, 11) is 2.83. The van der Waals surface area contributed by atoms with E-state index >= 15 is 0 Å². The molecule has 0 spiro atoms. The van der Waals surface area contributed by atoms with Crippen molar-refractivity contribution in [1.29, 1.82) is 0 Å². The topological polar surface area (TPSA) is 77.5 Å². The lowest BCUT2D eigenvalue weighted by Crippen LogP contribution is -2.35. The number of benzene rings is 3. The average Bonchev–Trinajstić information content (AvgIpc) is 3.18. The van der Waals surface area contributed by atoms with Gasteiger partial charge in [-0.05, 0) is 84.9 Å². The van der Waals surface area contributed by atoms with Gasteiger partial charge in [-0.15, -0.1) is 0 Å². The fourth-order valence-electron chi connectivity index (χ4n) is 3.94. The number of amides is 1. The molecule has 0 aromatic heterocycles. The molecule has 1 amide bonds. The highest BCUT2D eigenvalue weighted by Gasteiger charge is 2.40. The third-order valence-electron chi connectivity index (χ3n) is 5.93. The monoisotopic (exact) mass is 600 g/mol. The number of thiocarbonyl (C=S) groups is 1. The Bertz CT molecular complexity index is 1460. The molecule has 1 heterocycles. The maximum absolute atomic E-state index is 13.6. The maximum atomic E-state index is 13.6. The molecule has 1 aliphatic rings. The van der Waals surface area contributed by atoms with Gasteiger partial charge in [-0.1, -0.05) is 35.3 Å². The van der Waals surface area contributed by atoms with E-state index in [9.17, 15) is 9.59 Å². The van der Waals surface area contributed by atoms with Gasteiger partial charge in [0.2, 0.25) is 0 Å². The van der Waals surface area contributed by atoms with E-state index in [0.717, 1.165) is 5.56 Å². The fourth-order valence-corrected chi connectivity index (χ4v) is 4.61. The Hall–Kier alpha value is -3.79. The summed E-state index contributed by atoms with van der Waals surface area (Å²) >= 11 is 17.7. The molecule has 0 unspecified atom stereocenters. The van der Waals surface area contributed by atoms with E-state index in [1.54, 1.807) is 67.8 Å². The minimum Gasteiger partial charge on any atom is -0.497 e. The highest BCUT2D eigenvalue weighted by Crippen LogP contribution is 2.34. The largest absolute Gasteiger partial charge is 0.497 e. The van der Waals surface area contributed by atoms with Crippen LogP contribution < -0.4 is 19.1 Å². The molecule has 0 atom stereocenters. The smallest absolute Gasteiger partial charge is 0.325 e. The van der Waals surface area contributed by atoms with Crippen LogP contribution in [0.3, 0.4) is 0 Å². The Morgan fingerprint density at radius 2 is 1.70 bits per heavy atom. The Morgan fingerprint density at radius 1 is 0.950 bits per heavy atom. The van der Waals surface area contributed by atoms with Crippen LogP contribution in [0.5, 0.6) is 17.2 Å². The molecule has 0 aliphatic carbocycles. The van der Waals surface area contributed by atoms with Gasteiger partial charge in [-0.25, -0.2) is 0 Å². The molecule has 0 radical (unpaired) electrons. The molecule has 3 aromatic rings.